The average Bonchev–Trinajstić information content (AvgIpc) is 3.22. The number of aryl methyl sites for hydroxylation is 2. The standard InChI is InChI=1S/C21H26N8O/c1-13-23-19(22)18-20(24-13)28(21(30)25-18)12-15-8-9-17-16(11-15)26-27-29(17)10-3-2-5-14-6-4-7-14/h8-9,11,14H,2-7,10,12H2,1H3,(H,25,30)(H2,22,23,24). The molecule has 156 valence electrons. The zero-order chi connectivity index (χ0) is 20.7. The van der Waals surface area contributed by atoms with Crippen molar-refractivity contribution in [3.05, 3.63) is 40.1 Å². The fraction of sp³-hybridized carbons (Fsp3) is 0.476. The molecule has 0 spiro atoms. The van der Waals surface area contributed by atoms with Crippen LogP contribution in [-0.4, -0.2) is 34.5 Å². The van der Waals surface area contributed by atoms with Gasteiger partial charge in [-0.1, -0.05) is 43.4 Å². The summed E-state index contributed by atoms with van der Waals surface area (Å²) in [6, 6.07) is 6.03. The number of rotatable bonds is 7. The van der Waals surface area contributed by atoms with E-state index in [9.17, 15) is 4.79 Å². The van der Waals surface area contributed by atoms with Crippen LogP contribution in [0.5, 0.6) is 0 Å². The van der Waals surface area contributed by atoms with Gasteiger partial charge in [-0.25, -0.2) is 19.4 Å². The second-order valence-electron chi connectivity index (χ2n) is 8.30. The number of hydrogen-bond acceptors (Lipinski definition) is 6. The number of nitrogens with two attached hydrogens (primary N) is 1. The van der Waals surface area contributed by atoms with Crippen LogP contribution in [0.1, 0.15) is 49.9 Å². The van der Waals surface area contributed by atoms with Gasteiger partial charge in [-0.2, -0.15) is 0 Å². The topological polar surface area (TPSA) is 120 Å². The molecule has 0 atom stereocenters. The van der Waals surface area contributed by atoms with Crippen LogP contribution in [0.3, 0.4) is 0 Å². The van der Waals surface area contributed by atoms with E-state index in [2.05, 4.69) is 25.3 Å². The molecule has 0 bridgehead atoms. The molecule has 0 amide bonds. The second-order valence-corrected chi connectivity index (χ2v) is 8.30. The fourth-order valence-electron chi connectivity index (χ4n) is 4.25. The zero-order valence-electron chi connectivity index (χ0n) is 17.1. The highest BCUT2D eigenvalue weighted by molar-refractivity contribution is 5.81. The Morgan fingerprint density at radius 1 is 1.23 bits per heavy atom. The van der Waals surface area contributed by atoms with E-state index in [0.29, 0.717) is 23.5 Å². The molecular formula is C21H26N8O. The number of hydrogen-bond donors (Lipinski definition) is 2. The van der Waals surface area contributed by atoms with Crippen molar-refractivity contribution in [3.63, 3.8) is 0 Å². The molecule has 4 aromatic rings. The molecule has 30 heavy (non-hydrogen) atoms. The molecule has 0 aliphatic heterocycles. The van der Waals surface area contributed by atoms with Crippen LogP contribution >= 0.6 is 0 Å². The van der Waals surface area contributed by atoms with Crippen molar-refractivity contribution in [2.75, 3.05) is 5.73 Å². The van der Waals surface area contributed by atoms with Gasteiger partial charge in [0.2, 0.25) is 0 Å². The predicted molar refractivity (Wildman–Crippen MR) is 115 cm³/mol. The summed E-state index contributed by atoms with van der Waals surface area (Å²) in [7, 11) is 0. The summed E-state index contributed by atoms with van der Waals surface area (Å²) >= 11 is 0. The molecule has 1 aliphatic carbocycles. The summed E-state index contributed by atoms with van der Waals surface area (Å²) in [6.45, 7) is 3.02. The molecule has 0 saturated heterocycles. The SMILES string of the molecule is Cc1nc(N)c2[nH]c(=O)n(Cc3ccc4c(c3)nnn4CCCCC3CCC3)c2n1. The van der Waals surface area contributed by atoms with Gasteiger partial charge < -0.3 is 10.7 Å². The first-order chi connectivity index (χ1) is 14.6. The number of fused-ring (bicyclic) bond motifs is 2. The second kappa shape index (κ2) is 7.55. The summed E-state index contributed by atoms with van der Waals surface area (Å²) in [6.07, 6.45) is 7.94. The number of aromatic amines is 1. The molecule has 9 heteroatoms. The van der Waals surface area contributed by atoms with Gasteiger partial charge in [0.15, 0.2) is 11.5 Å². The first-order valence-corrected chi connectivity index (χ1v) is 10.6. The number of nitrogen functional groups attached to an aromatic ring is 1. The van der Waals surface area contributed by atoms with E-state index in [1.165, 1.54) is 32.1 Å². The number of aromatic nitrogens is 7. The first kappa shape index (κ1) is 18.8. The van der Waals surface area contributed by atoms with Gasteiger partial charge in [-0.15, -0.1) is 5.10 Å². The number of H-pyrrole nitrogens is 1. The maximum atomic E-state index is 12.4. The quantitative estimate of drug-likeness (QED) is 0.455. The smallest absolute Gasteiger partial charge is 0.328 e. The predicted octanol–water partition coefficient (Wildman–Crippen LogP) is 2.77. The average molecular weight is 406 g/mol. The van der Waals surface area contributed by atoms with Crippen LogP contribution in [-0.2, 0) is 13.1 Å². The minimum absolute atomic E-state index is 0.258. The first-order valence-electron chi connectivity index (χ1n) is 10.6. The number of anilines is 1. The molecule has 0 unspecified atom stereocenters. The molecule has 3 aromatic heterocycles. The Bertz CT molecular complexity index is 1260. The lowest BCUT2D eigenvalue weighted by atomic mass is 9.82. The number of benzene rings is 1. The molecule has 0 radical (unpaired) electrons. The van der Waals surface area contributed by atoms with Crippen molar-refractivity contribution in [3.8, 4) is 0 Å². The van der Waals surface area contributed by atoms with Gasteiger partial charge in [-0.05, 0) is 37.0 Å². The van der Waals surface area contributed by atoms with E-state index in [1.807, 2.05) is 22.9 Å². The van der Waals surface area contributed by atoms with Crippen molar-refractivity contribution in [2.24, 2.45) is 5.92 Å². The summed E-state index contributed by atoms with van der Waals surface area (Å²) in [5.41, 5.74) is 9.48. The van der Waals surface area contributed by atoms with Crippen LogP contribution in [0.25, 0.3) is 22.2 Å². The Kier molecular flexibility index (Phi) is 4.72. The van der Waals surface area contributed by atoms with E-state index >= 15 is 0 Å². The van der Waals surface area contributed by atoms with Crippen LogP contribution in [0.2, 0.25) is 0 Å². The summed E-state index contributed by atoms with van der Waals surface area (Å²) in [5, 5.41) is 8.66. The van der Waals surface area contributed by atoms with Gasteiger partial charge >= 0.3 is 5.69 Å². The molecular weight excluding hydrogens is 380 g/mol. The Morgan fingerprint density at radius 3 is 2.90 bits per heavy atom. The summed E-state index contributed by atoms with van der Waals surface area (Å²) in [4.78, 5) is 23.7. The third-order valence-corrected chi connectivity index (χ3v) is 6.14. The molecule has 3 N–H and O–H groups in total. The van der Waals surface area contributed by atoms with Gasteiger partial charge in [0.25, 0.3) is 0 Å². The minimum atomic E-state index is -0.258. The number of unbranched alkanes of at least 4 members (excludes halogenated alkanes) is 1. The molecule has 1 aliphatic rings. The lowest BCUT2D eigenvalue weighted by Crippen LogP contribution is -2.17. The number of nitrogens with zero attached hydrogens (tertiary/aromatic N) is 6. The minimum Gasteiger partial charge on any atom is -0.382 e. The van der Waals surface area contributed by atoms with E-state index in [0.717, 1.165) is 35.5 Å². The third kappa shape index (κ3) is 3.44. The summed E-state index contributed by atoms with van der Waals surface area (Å²) in [5.74, 6) is 1.77. The maximum absolute atomic E-state index is 12.4. The van der Waals surface area contributed by atoms with Crippen molar-refractivity contribution in [1.82, 2.24) is 34.5 Å². The van der Waals surface area contributed by atoms with Crippen LogP contribution in [0.4, 0.5) is 5.82 Å². The highest BCUT2D eigenvalue weighted by Gasteiger charge is 2.17. The molecule has 1 fully saturated rings. The van der Waals surface area contributed by atoms with E-state index < -0.39 is 0 Å². The van der Waals surface area contributed by atoms with Gasteiger partial charge in [0.05, 0.1) is 12.1 Å². The van der Waals surface area contributed by atoms with Crippen molar-refractivity contribution < 1.29 is 0 Å². The normalized spacial score (nSPS) is 14.6. The molecule has 5 rings (SSSR count). The molecule has 1 saturated carbocycles. The summed E-state index contributed by atoms with van der Waals surface area (Å²) < 4.78 is 3.56. The Balaban J connectivity index is 1.34. The zero-order valence-corrected chi connectivity index (χ0v) is 17.1. The molecule has 3 heterocycles. The van der Waals surface area contributed by atoms with Crippen LogP contribution < -0.4 is 11.4 Å². The Hall–Kier alpha value is -3.23. The van der Waals surface area contributed by atoms with Gasteiger partial charge in [0.1, 0.15) is 16.9 Å². The Morgan fingerprint density at radius 2 is 2.10 bits per heavy atom. The van der Waals surface area contributed by atoms with Crippen molar-refractivity contribution >= 4 is 28.0 Å². The molecule has 1 aromatic carbocycles. The lowest BCUT2D eigenvalue weighted by molar-refractivity contribution is 0.285. The maximum Gasteiger partial charge on any atom is 0.328 e. The van der Waals surface area contributed by atoms with Crippen LogP contribution in [0, 0.1) is 12.8 Å². The van der Waals surface area contributed by atoms with Crippen molar-refractivity contribution in [2.45, 2.75) is 58.5 Å². The highest BCUT2D eigenvalue weighted by Crippen LogP contribution is 2.30. The van der Waals surface area contributed by atoms with E-state index in [-0.39, 0.29) is 11.5 Å². The number of imidazole rings is 1. The van der Waals surface area contributed by atoms with Gasteiger partial charge in [0, 0.05) is 6.54 Å². The third-order valence-electron chi connectivity index (χ3n) is 6.14. The van der Waals surface area contributed by atoms with E-state index in [4.69, 9.17) is 5.73 Å². The van der Waals surface area contributed by atoms with Crippen LogP contribution in [0.15, 0.2) is 23.0 Å². The molecule has 9 nitrogen and oxygen atoms in total. The lowest BCUT2D eigenvalue weighted by Gasteiger charge is -2.24. The van der Waals surface area contributed by atoms with E-state index in [1.54, 1.807) is 11.5 Å². The highest BCUT2D eigenvalue weighted by atomic mass is 16.1. The largest absolute Gasteiger partial charge is 0.382 e. The monoisotopic (exact) mass is 406 g/mol. The Labute approximate surface area is 173 Å². The van der Waals surface area contributed by atoms with Gasteiger partial charge in [-0.3, -0.25) is 4.57 Å². The fourth-order valence-corrected chi connectivity index (χ4v) is 4.25. The number of nitrogens with one attached hydrogen (secondary N) is 1. The van der Waals surface area contributed by atoms with Crippen molar-refractivity contribution in [1.29, 1.82) is 0 Å².